The standard InChI is InChI=1S/C20H40O3/c1-2-3-4-5-6-7-8-9-10-11-12-13-14-22-17-19-15-20(16-21)23-18-19/h19-21H,2-18H2,1H3/t19-,20+/m1/s1. The topological polar surface area (TPSA) is 38.7 Å². The second-order valence-corrected chi connectivity index (χ2v) is 7.20. The summed E-state index contributed by atoms with van der Waals surface area (Å²) in [6, 6.07) is 0. The van der Waals surface area contributed by atoms with Crippen LogP contribution in [-0.2, 0) is 9.47 Å². The molecule has 1 saturated heterocycles. The zero-order valence-corrected chi connectivity index (χ0v) is 15.4. The third-order valence-corrected chi connectivity index (χ3v) is 4.86. The number of aliphatic hydroxyl groups is 1. The zero-order valence-electron chi connectivity index (χ0n) is 15.4. The Hall–Kier alpha value is -0.120. The van der Waals surface area contributed by atoms with Gasteiger partial charge in [0.1, 0.15) is 0 Å². The molecular formula is C20H40O3. The van der Waals surface area contributed by atoms with Gasteiger partial charge in [-0.2, -0.15) is 0 Å². The maximum absolute atomic E-state index is 9.01. The third-order valence-electron chi connectivity index (χ3n) is 4.86. The number of hydrogen-bond acceptors (Lipinski definition) is 3. The molecule has 1 N–H and O–H groups in total. The van der Waals surface area contributed by atoms with E-state index in [1.165, 1.54) is 77.0 Å². The Kier molecular flexibility index (Phi) is 14.0. The zero-order chi connectivity index (χ0) is 16.6. The van der Waals surface area contributed by atoms with Crippen molar-refractivity contribution in [2.75, 3.05) is 26.4 Å². The van der Waals surface area contributed by atoms with Crippen molar-refractivity contribution in [2.24, 2.45) is 5.92 Å². The van der Waals surface area contributed by atoms with E-state index in [0.29, 0.717) is 5.92 Å². The molecular weight excluding hydrogens is 288 g/mol. The first kappa shape index (κ1) is 20.9. The van der Waals surface area contributed by atoms with Gasteiger partial charge in [-0.3, -0.25) is 0 Å². The summed E-state index contributed by atoms with van der Waals surface area (Å²) < 4.78 is 11.2. The fourth-order valence-corrected chi connectivity index (χ4v) is 3.32. The third kappa shape index (κ3) is 12.0. The molecule has 1 heterocycles. The summed E-state index contributed by atoms with van der Waals surface area (Å²) in [5, 5.41) is 9.01. The summed E-state index contributed by atoms with van der Waals surface area (Å²) in [7, 11) is 0. The van der Waals surface area contributed by atoms with Crippen LogP contribution in [-0.4, -0.2) is 37.6 Å². The van der Waals surface area contributed by atoms with Crippen molar-refractivity contribution >= 4 is 0 Å². The number of rotatable bonds is 16. The van der Waals surface area contributed by atoms with Crippen LogP contribution in [0.4, 0.5) is 0 Å². The lowest BCUT2D eigenvalue weighted by molar-refractivity contribution is 0.0508. The van der Waals surface area contributed by atoms with E-state index in [-0.39, 0.29) is 12.7 Å². The molecule has 138 valence electrons. The molecule has 0 bridgehead atoms. The van der Waals surface area contributed by atoms with E-state index >= 15 is 0 Å². The highest BCUT2D eigenvalue weighted by atomic mass is 16.5. The second-order valence-electron chi connectivity index (χ2n) is 7.20. The normalized spacial score (nSPS) is 21.1. The van der Waals surface area contributed by atoms with Gasteiger partial charge in [-0.1, -0.05) is 77.6 Å². The van der Waals surface area contributed by atoms with Gasteiger partial charge in [-0.05, 0) is 12.8 Å². The van der Waals surface area contributed by atoms with Gasteiger partial charge >= 0.3 is 0 Å². The average molecular weight is 329 g/mol. The summed E-state index contributed by atoms with van der Waals surface area (Å²) in [6.07, 6.45) is 17.6. The van der Waals surface area contributed by atoms with Crippen molar-refractivity contribution < 1.29 is 14.6 Å². The maximum Gasteiger partial charge on any atom is 0.0810 e. The minimum absolute atomic E-state index is 0.0512. The van der Waals surface area contributed by atoms with E-state index in [1.54, 1.807) is 0 Å². The van der Waals surface area contributed by atoms with Crippen LogP contribution in [0.25, 0.3) is 0 Å². The first-order valence-corrected chi connectivity index (χ1v) is 10.2. The van der Waals surface area contributed by atoms with Gasteiger partial charge < -0.3 is 14.6 Å². The SMILES string of the molecule is CCCCCCCCCCCCCCOC[C@@H]1CO[C@H](CO)C1. The fourth-order valence-electron chi connectivity index (χ4n) is 3.32. The predicted octanol–water partition coefficient (Wildman–Crippen LogP) is 5.10. The molecule has 0 spiro atoms. The highest BCUT2D eigenvalue weighted by Crippen LogP contribution is 2.19. The Balaban J connectivity index is 1.70. The molecule has 3 nitrogen and oxygen atoms in total. The van der Waals surface area contributed by atoms with Crippen LogP contribution >= 0.6 is 0 Å². The number of aliphatic hydroxyl groups excluding tert-OH is 1. The first-order chi connectivity index (χ1) is 11.4. The van der Waals surface area contributed by atoms with Crippen molar-refractivity contribution in [1.82, 2.24) is 0 Å². The van der Waals surface area contributed by atoms with Gasteiger partial charge in [0.25, 0.3) is 0 Å². The van der Waals surface area contributed by atoms with Crippen LogP contribution in [0.2, 0.25) is 0 Å². The van der Waals surface area contributed by atoms with Crippen LogP contribution < -0.4 is 0 Å². The van der Waals surface area contributed by atoms with E-state index in [9.17, 15) is 0 Å². The summed E-state index contributed by atoms with van der Waals surface area (Å²) >= 11 is 0. The molecule has 0 aromatic carbocycles. The molecule has 0 saturated carbocycles. The van der Waals surface area contributed by atoms with Crippen molar-refractivity contribution in [1.29, 1.82) is 0 Å². The quantitative estimate of drug-likeness (QED) is 0.401. The number of hydrogen-bond donors (Lipinski definition) is 1. The van der Waals surface area contributed by atoms with Crippen molar-refractivity contribution in [2.45, 2.75) is 96.5 Å². The van der Waals surface area contributed by atoms with Gasteiger partial charge in [-0.15, -0.1) is 0 Å². The van der Waals surface area contributed by atoms with Gasteiger partial charge in [0.2, 0.25) is 0 Å². The lowest BCUT2D eigenvalue weighted by atomic mass is 10.1. The van der Waals surface area contributed by atoms with Crippen molar-refractivity contribution in [3.8, 4) is 0 Å². The monoisotopic (exact) mass is 328 g/mol. The van der Waals surface area contributed by atoms with Gasteiger partial charge in [0.15, 0.2) is 0 Å². The van der Waals surface area contributed by atoms with E-state index in [4.69, 9.17) is 14.6 Å². The van der Waals surface area contributed by atoms with Crippen LogP contribution in [0.15, 0.2) is 0 Å². The average Bonchev–Trinajstić information content (AvgIpc) is 3.03. The molecule has 0 aromatic rings. The lowest BCUT2D eigenvalue weighted by Gasteiger charge is -2.09. The largest absolute Gasteiger partial charge is 0.394 e. The smallest absolute Gasteiger partial charge is 0.0810 e. The van der Waals surface area contributed by atoms with Gasteiger partial charge in [-0.25, -0.2) is 0 Å². The van der Waals surface area contributed by atoms with Crippen LogP contribution in [0.5, 0.6) is 0 Å². The van der Waals surface area contributed by atoms with Crippen LogP contribution in [0.3, 0.4) is 0 Å². The summed E-state index contributed by atoms with van der Waals surface area (Å²) in [4.78, 5) is 0. The molecule has 1 aliphatic rings. The minimum Gasteiger partial charge on any atom is -0.394 e. The molecule has 0 unspecified atom stereocenters. The Morgan fingerprint density at radius 3 is 1.96 bits per heavy atom. The van der Waals surface area contributed by atoms with Crippen molar-refractivity contribution in [3.63, 3.8) is 0 Å². The maximum atomic E-state index is 9.01. The number of ether oxygens (including phenoxy) is 2. The molecule has 3 heteroatoms. The summed E-state index contributed by atoms with van der Waals surface area (Å²) in [5.74, 6) is 0.490. The molecule has 23 heavy (non-hydrogen) atoms. The Morgan fingerprint density at radius 1 is 0.870 bits per heavy atom. The molecule has 1 aliphatic heterocycles. The molecule has 1 fully saturated rings. The van der Waals surface area contributed by atoms with Gasteiger partial charge in [0, 0.05) is 12.5 Å². The van der Waals surface area contributed by atoms with E-state index in [0.717, 1.165) is 26.2 Å². The summed E-state index contributed by atoms with van der Waals surface area (Å²) in [5.41, 5.74) is 0. The van der Waals surface area contributed by atoms with Crippen LogP contribution in [0.1, 0.15) is 90.4 Å². The number of unbranched alkanes of at least 4 members (excludes halogenated alkanes) is 11. The fraction of sp³-hybridized carbons (Fsp3) is 1.00. The second kappa shape index (κ2) is 15.4. The molecule has 0 amide bonds. The predicted molar refractivity (Wildman–Crippen MR) is 96.8 cm³/mol. The van der Waals surface area contributed by atoms with E-state index in [1.807, 2.05) is 0 Å². The Morgan fingerprint density at radius 2 is 1.43 bits per heavy atom. The minimum atomic E-state index is 0.0512. The molecule has 2 atom stereocenters. The van der Waals surface area contributed by atoms with Gasteiger partial charge in [0.05, 0.1) is 25.9 Å². The highest BCUT2D eigenvalue weighted by Gasteiger charge is 2.24. The van der Waals surface area contributed by atoms with E-state index in [2.05, 4.69) is 6.92 Å². The molecule has 0 aliphatic carbocycles. The Labute approximate surface area is 144 Å². The lowest BCUT2D eigenvalue weighted by Crippen LogP contribution is -2.12. The molecule has 0 aromatic heterocycles. The van der Waals surface area contributed by atoms with Crippen molar-refractivity contribution in [3.05, 3.63) is 0 Å². The highest BCUT2D eigenvalue weighted by molar-refractivity contribution is 4.72. The van der Waals surface area contributed by atoms with Crippen LogP contribution in [0, 0.1) is 5.92 Å². The molecule has 1 rings (SSSR count). The molecule has 0 radical (unpaired) electrons. The Bertz CT molecular complexity index is 245. The van der Waals surface area contributed by atoms with E-state index < -0.39 is 0 Å². The first-order valence-electron chi connectivity index (χ1n) is 10.2. The summed E-state index contributed by atoms with van der Waals surface area (Å²) in [6.45, 7) is 4.87.